The Bertz CT molecular complexity index is 1330. The molecular weight excluding hydrogens is 456 g/mol. The molecule has 2 aliphatic carbocycles. The van der Waals surface area contributed by atoms with Crippen LogP contribution in [0.5, 0.6) is 5.75 Å². The summed E-state index contributed by atoms with van der Waals surface area (Å²) in [7, 11) is 0. The van der Waals surface area contributed by atoms with Crippen molar-refractivity contribution >= 4 is 17.7 Å². The first kappa shape index (κ1) is 24.0. The van der Waals surface area contributed by atoms with Gasteiger partial charge in [0.15, 0.2) is 0 Å². The zero-order valence-corrected chi connectivity index (χ0v) is 21.8. The molecule has 3 unspecified atom stereocenters. The Morgan fingerprint density at radius 1 is 1.03 bits per heavy atom. The first-order valence-electron chi connectivity index (χ1n) is 13.6. The number of aryl methyl sites for hydroxylation is 1. The number of amides is 1. The average Bonchev–Trinajstić information content (AvgIpc) is 3.34. The minimum Gasteiger partial charge on any atom is -0.493 e. The van der Waals surface area contributed by atoms with E-state index in [1.54, 1.807) is 0 Å². The maximum atomic E-state index is 13.2. The fourth-order valence-corrected chi connectivity index (χ4v) is 6.45. The van der Waals surface area contributed by atoms with Gasteiger partial charge in [0, 0.05) is 35.8 Å². The van der Waals surface area contributed by atoms with Crippen molar-refractivity contribution in [2.24, 2.45) is 11.3 Å². The molecule has 0 spiro atoms. The summed E-state index contributed by atoms with van der Waals surface area (Å²) in [5.41, 5.74) is 7.73. The summed E-state index contributed by atoms with van der Waals surface area (Å²) in [6.07, 6.45) is 8.02. The lowest BCUT2D eigenvalue weighted by Gasteiger charge is -2.32. The Morgan fingerprint density at radius 2 is 1.81 bits per heavy atom. The molecule has 3 aliphatic rings. The van der Waals surface area contributed by atoms with Gasteiger partial charge in [-0.3, -0.25) is 4.79 Å². The van der Waals surface area contributed by atoms with Gasteiger partial charge in [0.05, 0.1) is 6.61 Å². The van der Waals surface area contributed by atoms with Crippen LogP contribution in [-0.2, 0) is 11.3 Å². The molecule has 1 amide bonds. The van der Waals surface area contributed by atoms with Crippen molar-refractivity contribution in [1.82, 2.24) is 5.32 Å². The first-order chi connectivity index (χ1) is 17.9. The van der Waals surface area contributed by atoms with Crippen molar-refractivity contribution in [3.05, 3.63) is 89.0 Å². The molecule has 190 valence electrons. The van der Waals surface area contributed by atoms with Crippen LogP contribution in [0.25, 0.3) is 17.2 Å². The molecule has 3 atom stereocenters. The number of carbonyl (C=O) groups is 1. The van der Waals surface area contributed by atoms with Gasteiger partial charge in [0.2, 0.25) is 0 Å². The van der Waals surface area contributed by atoms with E-state index in [9.17, 15) is 4.79 Å². The monoisotopic (exact) mass is 492 g/mol. The molecule has 3 aromatic rings. The van der Waals surface area contributed by atoms with Crippen LogP contribution in [0.1, 0.15) is 55.7 Å². The van der Waals surface area contributed by atoms with E-state index >= 15 is 0 Å². The van der Waals surface area contributed by atoms with Crippen LogP contribution in [0, 0.1) is 18.3 Å². The summed E-state index contributed by atoms with van der Waals surface area (Å²) in [5, 5.41) is 6.90. The smallest absolute Gasteiger partial charge is 0.251 e. The predicted octanol–water partition coefficient (Wildman–Crippen LogP) is 7.13. The van der Waals surface area contributed by atoms with Gasteiger partial charge in [-0.1, -0.05) is 55.0 Å². The second kappa shape index (κ2) is 9.83. The van der Waals surface area contributed by atoms with E-state index < -0.39 is 0 Å². The van der Waals surface area contributed by atoms with Gasteiger partial charge in [0.25, 0.3) is 5.91 Å². The first-order valence-corrected chi connectivity index (χ1v) is 13.6. The summed E-state index contributed by atoms with van der Waals surface area (Å²) in [5.74, 6) is 1.67. The number of ether oxygens (including phenoxy) is 1. The van der Waals surface area contributed by atoms with Gasteiger partial charge in [0.1, 0.15) is 5.75 Å². The van der Waals surface area contributed by atoms with Gasteiger partial charge >= 0.3 is 0 Å². The molecule has 0 saturated heterocycles. The van der Waals surface area contributed by atoms with E-state index in [2.05, 4.69) is 73.0 Å². The molecule has 2 N–H and O–H groups in total. The lowest BCUT2D eigenvalue weighted by atomic mass is 9.82. The lowest BCUT2D eigenvalue weighted by Crippen LogP contribution is -2.39. The molecule has 4 nitrogen and oxygen atoms in total. The highest BCUT2D eigenvalue weighted by Crippen LogP contribution is 2.53. The molecule has 37 heavy (non-hydrogen) atoms. The number of anilines is 1. The number of hydrogen-bond acceptors (Lipinski definition) is 3. The maximum absolute atomic E-state index is 13.2. The standard InChI is InChI=1S/C33H36N2O2/c1-22-3-7-25(8-4-22)26-9-12-30-28(18-26)19-27(14-16-37-30)32(36)35-29-10-5-23(6-11-29)21-34-31-17-24-13-15-33(31,2)20-24/h3-12,18-19,24,31,34H,13-17,20-21H2,1-2H3,(H,35,36). The molecule has 1 heterocycles. The third-order valence-electron chi connectivity index (χ3n) is 8.70. The fourth-order valence-electron chi connectivity index (χ4n) is 6.45. The highest BCUT2D eigenvalue weighted by molar-refractivity contribution is 6.07. The summed E-state index contributed by atoms with van der Waals surface area (Å²) in [4.78, 5) is 13.2. The molecule has 2 fully saturated rings. The molecule has 3 aromatic carbocycles. The Balaban J connectivity index is 1.11. The predicted molar refractivity (Wildman–Crippen MR) is 150 cm³/mol. The van der Waals surface area contributed by atoms with Gasteiger partial charge in [-0.15, -0.1) is 0 Å². The van der Waals surface area contributed by atoms with Crippen LogP contribution in [0.3, 0.4) is 0 Å². The quantitative estimate of drug-likeness (QED) is 0.385. The Kier molecular flexibility index (Phi) is 6.37. The molecule has 2 saturated carbocycles. The van der Waals surface area contributed by atoms with Crippen molar-refractivity contribution < 1.29 is 9.53 Å². The number of fused-ring (bicyclic) bond motifs is 3. The normalized spacial score (nSPS) is 24.1. The van der Waals surface area contributed by atoms with Crippen molar-refractivity contribution in [1.29, 1.82) is 0 Å². The van der Waals surface area contributed by atoms with Crippen LogP contribution in [0.2, 0.25) is 0 Å². The number of benzene rings is 3. The van der Waals surface area contributed by atoms with Crippen molar-refractivity contribution in [3.63, 3.8) is 0 Å². The number of hydrogen-bond donors (Lipinski definition) is 2. The molecule has 2 bridgehead atoms. The minimum absolute atomic E-state index is 0.0713. The zero-order chi connectivity index (χ0) is 25.4. The van der Waals surface area contributed by atoms with Gasteiger partial charge in [-0.2, -0.15) is 0 Å². The van der Waals surface area contributed by atoms with E-state index in [1.807, 2.05) is 24.3 Å². The van der Waals surface area contributed by atoms with Crippen LogP contribution in [-0.4, -0.2) is 18.6 Å². The van der Waals surface area contributed by atoms with Gasteiger partial charge < -0.3 is 15.4 Å². The van der Waals surface area contributed by atoms with Crippen molar-refractivity contribution in [2.75, 3.05) is 11.9 Å². The zero-order valence-electron chi connectivity index (χ0n) is 21.8. The van der Waals surface area contributed by atoms with E-state index in [4.69, 9.17) is 4.74 Å². The third kappa shape index (κ3) is 5.08. The van der Waals surface area contributed by atoms with E-state index in [-0.39, 0.29) is 5.91 Å². The molecule has 1 aliphatic heterocycles. The van der Waals surface area contributed by atoms with Crippen LogP contribution >= 0.6 is 0 Å². The van der Waals surface area contributed by atoms with Crippen molar-refractivity contribution in [3.8, 4) is 16.9 Å². The lowest BCUT2D eigenvalue weighted by molar-refractivity contribution is -0.113. The minimum atomic E-state index is -0.0713. The number of carbonyl (C=O) groups excluding carboxylic acids is 1. The topological polar surface area (TPSA) is 50.4 Å². The molecule has 0 aromatic heterocycles. The van der Waals surface area contributed by atoms with Gasteiger partial charge in [-0.25, -0.2) is 0 Å². The molecule has 6 rings (SSSR count). The molecule has 4 heteroatoms. The van der Waals surface area contributed by atoms with Gasteiger partial charge in [-0.05, 0) is 91.0 Å². The summed E-state index contributed by atoms with van der Waals surface area (Å²) >= 11 is 0. The SMILES string of the molecule is Cc1ccc(-c2ccc3c(c2)C=C(C(=O)Nc2ccc(CNC4CC5CCC4(C)C5)cc2)CCO3)cc1. The fraction of sp³-hybridized carbons (Fsp3) is 0.364. The van der Waals surface area contributed by atoms with Crippen LogP contribution in [0.4, 0.5) is 5.69 Å². The second-order valence-corrected chi connectivity index (χ2v) is 11.5. The van der Waals surface area contributed by atoms with Crippen molar-refractivity contribution in [2.45, 2.75) is 58.5 Å². The van der Waals surface area contributed by atoms with Crippen LogP contribution < -0.4 is 15.4 Å². The Morgan fingerprint density at radius 3 is 2.54 bits per heavy atom. The summed E-state index contributed by atoms with van der Waals surface area (Å²) < 4.78 is 5.96. The highest BCUT2D eigenvalue weighted by atomic mass is 16.5. The molecule has 0 radical (unpaired) electrons. The second-order valence-electron chi connectivity index (χ2n) is 11.5. The Hall–Kier alpha value is -3.37. The molecular formula is C33H36N2O2. The van der Waals surface area contributed by atoms with E-state index in [0.29, 0.717) is 24.5 Å². The third-order valence-corrected chi connectivity index (χ3v) is 8.70. The van der Waals surface area contributed by atoms with Crippen LogP contribution in [0.15, 0.2) is 72.3 Å². The van der Waals surface area contributed by atoms with E-state index in [0.717, 1.165) is 46.2 Å². The maximum Gasteiger partial charge on any atom is 0.251 e. The van der Waals surface area contributed by atoms with E-state index in [1.165, 1.54) is 36.8 Å². The number of rotatable bonds is 6. The highest BCUT2D eigenvalue weighted by Gasteiger charge is 2.48. The number of nitrogens with one attached hydrogen (secondary N) is 2. The average molecular weight is 493 g/mol. The summed E-state index contributed by atoms with van der Waals surface area (Å²) in [6.45, 7) is 5.91. The Labute approximate surface area is 220 Å². The largest absolute Gasteiger partial charge is 0.493 e. The summed E-state index contributed by atoms with van der Waals surface area (Å²) in [6, 6.07) is 23.6.